The number of carbonyl (C=O) groups excluding carboxylic acids is 6. The molecular weight excluding hydrogens is 706 g/mol. The number of hydrogen-bond acceptors (Lipinski definition) is 12. The molecule has 2 saturated heterocycles. The van der Waals surface area contributed by atoms with Crippen molar-refractivity contribution >= 4 is 35.4 Å². The van der Waals surface area contributed by atoms with E-state index in [4.69, 9.17) is 21.3 Å². The summed E-state index contributed by atoms with van der Waals surface area (Å²) in [5.74, 6) is -3.38. The summed E-state index contributed by atoms with van der Waals surface area (Å²) in [6.07, 6.45) is 0.0491. The molecule has 2 aliphatic heterocycles. The Bertz CT molecular complexity index is 1600. The molecule has 0 bridgehead atoms. The van der Waals surface area contributed by atoms with Gasteiger partial charge < -0.3 is 52.4 Å². The van der Waals surface area contributed by atoms with E-state index in [1.807, 2.05) is 41.5 Å². The van der Waals surface area contributed by atoms with Gasteiger partial charge in [-0.15, -0.1) is 5.10 Å². The Hall–Kier alpha value is -4.20. The van der Waals surface area contributed by atoms with Crippen LogP contribution in [0.5, 0.6) is 0 Å². The molecule has 19 heteroatoms. The van der Waals surface area contributed by atoms with Gasteiger partial charge in [-0.25, -0.2) is 14.5 Å². The van der Waals surface area contributed by atoms with E-state index in [9.17, 15) is 39.0 Å². The Kier molecular flexibility index (Phi) is 12.5. The molecule has 0 radical (unpaired) electrons. The maximum atomic E-state index is 13.9. The summed E-state index contributed by atoms with van der Waals surface area (Å²) in [5, 5.41) is 40.2. The highest BCUT2D eigenvalue weighted by atomic mass is 16.6. The van der Waals surface area contributed by atoms with Crippen molar-refractivity contribution in [1.29, 1.82) is 0 Å². The van der Waals surface area contributed by atoms with Gasteiger partial charge in [0.15, 0.2) is 6.23 Å². The first kappa shape index (κ1) is 42.5. The summed E-state index contributed by atoms with van der Waals surface area (Å²) in [6.45, 7) is 15.2. The number of fused-ring (bicyclic) bond motifs is 1. The quantitative estimate of drug-likeness (QED) is 0.122. The van der Waals surface area contributed by atoms with Gasteiger partial charge in [-0.05, 0) is 55.8 Å². The molecule has 302 valence electrons. The van der Waals surface area contributed by atoms with Crippen LogP contribution in [-0.2, 0) is 23.9 Å². The van der Waals surface area contributed by atoms with Gasteiger partial charge in [-0.1, -0.05) is 53.9 Å². The minimum absolute atomic E-state index is 0.0755. The number of piperidine rings is 1. The van der Waals surface area contributed by atoms with Gasteiger partial charge in [0.05, 0.1) is 12.6 Å². The fourth-order valence-electron chi connectivity index (χ4n) is 7.47. The highest BCUT2D eigenvalue weighted by Gasteiger charge is 2.70. The van der Waals surface area contributed by atoms with E-state index in [2.05, 4.69) is 39.9 Å². The van der Waals surface area contributed by atoms with E-state index < -0.39 is 89.8 Å². The number of aliphatic hydroxyl groups is 3. The number of ketones is 1. The van der Waals surface area contributed by atoms with Gasteiger partial charge in [0.25, 0.3) is 11.8 Å². The first-order valence-electron chi connectivity index (χ1n) is 18.3. The largest absolute Gasteiger partial charge is 0.394 e. The summed E-state index contributed by atoms with van der Waals surface area (Å²) in [4.78, 5) is 80.5. The Morgan fingerprint density at radius 3 is 2.11 bits per heavy atom. The number of primary amides is 2. The van der Waals surface area contributed by atoms with E-state index in [1.165, 1.54) is 0 Å². The number of likely N-dealkylation sites (tertiary alicyclic amines) is 1. The third-order valence-electron chi connectivity index (χ3n) is 10.8. The van der Waals surface area contributed by atoms with Gasteiger partial charge in [-0.2, -0.15) is 0 Å². The predicted octanol–water partition coefficient (Wildman–Crippen LogP) is -1.30. The van der Waals surface area contributed by atoms with Crippen LogP contribution in [0, 0.1) is 28.6 Å². The van der Waals surface area contributed by atoms with Crippen LogP contribution < -0.4 is 27.4 Å². The molecule has 0 aromatic carbocycles. The zero-order valence-electron chi connectivity index (χ0n) is 32.2. The molecule has 1 unspecified atom stereocenters. The second kappa shape index (κ2) is 15.9. The van der Waals surface area contributed by atoms with Crippen LogP contribution in [0.1, 0.15) is 97.9 Å². The molecule has 1 aromatic rings. The Morgan fingerprint density at radius 1 is 1.02 bits per heavy atom. The average Bonchev–Trinajstić information content (AvgIpc) is 3.53. The number of hydrogen-bond donors (Lipinski definition) is 8. The molecule has 4 fully saturated rings. The molecule has 54 heavy (non-hydrogen) atoms. The van der Waals surface area contributed by atoms with Crippen LogP contribution in [0.15, 0.2) is 6.33 Å². The molecule has 1 aromatic heterocycles. The van der Waals surface area contributed by atoms with Crippen molar-refractivity contribution in [3.63, 3.8) is 0 Å². The molecule has 4 aliphatic rings. The first-order valence-corrected chi connectivity index (χ1v) is 18.3. The van der Waals surface area contributed by atoms with E-state index in [1.54, 1.807) is 4.90 Å². The maximum Gasteiger partial charge on any atom is 0.315 e. The summed E-state index contributed by atoms with van der Waals surface area (Å²) in [6, 6.07) is -3.13. The second-order valence-corrected chi connectivity index (χ2v) is 17.5. The van der Waals surface area contributed by atoms with Crippen molar-refractivity contribution in [3.8, 4) is 0 Å². The third kappa shape index (κ3) is 9.35. The molecule has 6 amide bonds. The number of rotatable bonds is 11. The predicted molar refractivity (Wildman–Crippen MR) is 191 cm³/mol. The first-order chi connectivity index (χ1) is 24.9. The molecule has 19 nitrogen and oxygen atoms in total. The molecule has 2 saturated carbocycles. The van der Waals surface area contributed by atoms with Crippen molar-refractivity contribution in [3.05, 3.63) is 12.2 Å². The number of nitrogens with two attached hydrogens (primary N) is 2. The van der Waals surface area contributed by atoms with Crippen molar-refractivity contribution in [2.24, 2.45) is 40.1 Å². The molecule has 3 heterocycles. The lowest BCUT2D eigenvalue weighted by molar-refractivity contribution is -0.145. The number of ether oxygens (including phenoxy) is 1. The summed E-state index contributed by atoms with van der Waals surface area (Å²) in [7, 11) is 0. The number of urea groups is 1. The van der Waals surface area contributed by atoms with Gasteiger partial charge in [0.2, 0.25) is 23.4 Å². The molecule has 2 aliphatic carbocycles. The van der Waals surface area contributed by atoms with Crippen LogP contribution in [0.4, 0.5) is 4.79 Å². The summed E-state index contributed by atoms with van der Waals surface area (Å²) in [5.41, 5.74) is 9.01. The molecule has 5 rings (SSSR count). The standard InChI is InChI=1S/C27H45N5O5.C8H12N4O5/c1-25(2,3)20(30-24(37)31-26(4,5)6)23(36)32-13-15-17(27(15,7)8)18(32)22(35)29-16(19(33)21(28)34)12-14-10-9-11-14;9-6(16)7-10-2-12(11-7)8-5(15)4(14)3(1-13)17-8/h14-18,20H,9-13H2,1-8H3,(H2,28,34)(H,29,35)(H2,30,31,37);2-5,8,13-15H,1H2,(H2,9,16)/t15-,16?,17-,18-,20+;3-,4-,5-,8-/m01/s1. The number of amides is 6. The average molecular weight is 764 g/mol. The van der Waals surface area contributed by atoms with Gasteiger partial charge in [0, 0.05) is 12.1 Å². The lowest BCUT2D eigenvalue weighted by Crippen LogP contribution is -2.62. The molecule has 10 N–H and O–H groups in total. The third-order valence-corrected chi connectivity index (χ3v) is 10.8. The number of Topliss-reactive ketones (excluding diaryl/α,β-unsaturated/α-hetero) is 1. The Labute approximate surface area is 314 Å². The van der Waals surface area contributed by atoms with Crippen LogP contribution in [0.2, 0.25) is 0 Å². The minimum Gasteiger partial charge on any atom is -0.394 e. The van der Waals surface area contributed by atoms with Gasteiger partial charge in [-0.3, -0.25) is 24.0 Å². The van der Waals surface area contributed by atoms with Crippen LogP contribution >= 0.6 is 0 Å². The lowest BCUT2D eigenvalue weighted by Gasteiger charge is -2.38. The van der Waals surface area contributed by atoms with Crippen LogP contribution in [0.3, 0.4) is 0 Å². The fourth-order valence-corrected chi connectivity index (χ4v) is 7.47. The van der Waals surface area contributed by atoms with E-state index in [-0.39, 0.29) is 34.9 Å². The number of aliphatic hydroxyl groups excluding tert-OH is 3. The number of nitrogens with one attached hydrogen (secondary N) is 3. The minimum atomic E-state index is -1.27. The van der Waals surface area contributed by atoms with E-state index in [0.717, 1.165) is 30.3 Å². The Balaban J connectivity index is 0.000000317. The zero-order chi connectivity index (χ0) is 40.7. The SMILES string of the molecule is CC(C)(C)NC(=O)N[C@H](C(=O)N1C[C@H]2[C@@H]([C@H]1C(=O)NC(CC1CCC1)C(=O)C(N)=O)C2(C)C)C(C)(C)C.NC(=O)c1ncn([C@@H]2O[C@H](CO)[C@@H](O)[C@H]2O)n1. The fraction of sp³-hybridized carbons (Fsp3) is 0.771. The van der Waals surface area contributed by atoms with Crippen LogP contribution in [0.25, 0.3) is 0 Å². The van der Waals surface area contributed by atoms with Crippen molar-refractivity contribution in [1.82, 2.24) is 35.6 Å². The van der Waals surface area contributed by atoms with Crippen molar-refractivity contribution in [2.45, 2.75) is 129 Å². The number of aromatic nitrogens is 3. The van der Waals surface area contributed by atoms with Gasteiger partial charge >= 0.3 is 6.03 Å². The summed E-state index contributed by atoms with van der Waals surface area (Å²) >= 11 is 0. The van der Waals surface area contributed by atoms with Crippen molar-refractivity contribution < 1.29 is 48.8 Å². The Morgan fingerprint density at radius 2 is 1.65 bits per heavy atom. The normalized spacial score (nSPS) is 28.4. The summed E-state index contributed by atoms with van der Waals surface area (Å²) < 4.78 is 6.25. The highest BCUT2D eigenvalue weighted by Crippen LogP contribution is 2.65. The smallest absolute Gasteiger partial charge is 0.315 e. The number of carbonyl (C=O) groups is 6. The molecule has 9 atom stereocenters. The van der Waals surface area contributed by atoms with Crippen molar-refractivity contribution in [2.75, 3.05) is 13.2 Å². The maximum absolute atomic E-state index is 13.9. The van der Waals surface area contributed by atoms with E-state index in [0.29, 0.717) is 13.0 Å². The van der Waals surface area contributed by atoms with Gasteiger partial charge in [0.1, 0.15) is 36.7 Å². The molecular formula is C35H57N9O10. The topological polar surface area (TPSA) is 294 Å². The van der Waals surface area contributed by atoms with E-state index >= 15 is 0 Å². The monoisotopic (exact) mass is 763 g/mol. The number of nitrogens with zero attached hydrogens (tertiary/aromatic N) is 4. The van der Waals surface area contributed by atoms with Crippen LogP contribution in [-0.4, -0.2) is 126 Å². The molecule has 0 spiro atoms. The zero-order valence-corrected chi connectivity index (χ0v) is 32.2. The highest BCUT2D eigenvalue weighted by molar-refractivity contribution is 6.37. The lowest BCUT2D eigenvalue weighted by atomic mass is 9.80. The second-order valence-electron chi connectivity index (χ2n) is 17.5.